The maximum absolute atomic E-state index is 14.5. The van der Waals surface area contributed by atoms with Crippen LogP contribution in [0.4, 0.5) is 10.6 Å². The molecule has 0 bridgehead atoms. The molecular formula is C39H52N6O11S. The van der Waals surface area contributed by atoms with Crippen LogP contribution in [0.25, 0.3) is 10.8 Å². The summed E-state index contributed by atoms with van der Waals surface area (Å²) in [5.74, 6) is -0.981. The van der Waals surface area contributed by atoms with E-state index >= 15 is 0 Å². The first-order valence-electron chi connectivity index (χ1n) is 19.6. The van der Waals surface area contributed by atoms with E-state index < -0.39 is 74.3 Å². The van der Waals surface area contributed by atoms with Gasteiger partial charge in [0, 0.05) is 37.4 Å². The Morgan fingerprint density at radius 1 is 1.07 bits per heavy atom. The maximum atomic E-state index is 14.5. The Morgan fingerprint density at radius 2 is 1.84 bits per heavy atom. The smallest absolute Gasteiger partial charge is 0.408 e. The van der Waals surface area contributed by atoms with Crippen LogP contribution in [-0.2, 0) is 38.6 Å². The predicted octanol–water partition coefficient (Wildman–Crippen LogP) is 2.17. The number of rotatable bonds is 8. The van der Waals surface area contributed by atoms with Gasteiger partial charge in [-0.05, 0) is 82.5 Å². The summed E-state index contributed by atoms with van der Waals surface area (Å²) in [7, 11) is -2.34. The summed E-state index contributed by atoms with van der Waals surface area (Å²) in [5.41, 5.74) is -2.40. The van der Waals surface area contributed by atoms with Crippen molar-refractivity contribution in [3.05, 3.63) is 36.4 Å². The molecule has 4 fully saturated rings. The number of benzene rings is 1. The number of carbonyl (C=O) groups is 4. The second kappa shape index (κ2) is 16.3. The third-order valence-corrected chi connectivity index (χ3v) is 12.5. The van der Waals surface area contributed by atoms with Gasteiger partial charge in [0.15, 0.2) is 0 Å². The highest BCUT2D eigenvalue weighted by molar-refractivity contribution is 7.91. The van der Waals surface area contributed by atoms with Gasteiger partial charge in [-0.15, -0.1) is 0 Å². The van der Waals surface area contributed by atoms with Crippen LogP contribution in [0.5, 0.6) is 11.6 Å². The Kier molecular flexibility index (Phi) is 11.6. The largest absolute Gasteiger partial charge is 0.497 e. The highest BCUT2D eigenvalue weighted by atomic mass is 32.2. The first-order valence-corrected chi connectivity index (χ1v) is 21.1. The van der Waals surface area contributed by atoms with Crippen molar-refractivity contribution < 1.29 is 51.3 Å². The lowest BCUT2D eigenvalue weighted by molar-refractivity contribution is -0.142. The van der Waals surface area contributed by atoms with Crippen molar-refractivity contribution in [2.75, 3.05) is 58.1 Å². The quantitative estimate of drug-likeness (QED) is 0.328. The second-order valence-corrected chi connectivity index (χ2v) is 18.2. The van der Waals surface area contributed by atoms with Crippen LogP contribution in [0.1, 0.15) is 59.3 Å². The number of amides is 4. The molecule has 2 saturated carbocycles. The highest BCUT2D eigenvalue weighted by Crippen LogP contribution is 2.46. The lowest BCUT2D eigenvalue weighted by Crippen LogP contribution is -2.59. The van der Waals surface area contributed by atoms with Crippen LogP contribution in [0.15, 0.2) is 36.4 Å². The zero-order chi connectivity index (χ0) is 40.5. The molecule has 18 heteroatoms. The van der Waals surface area contributed by atoms with Gasteiger partial charge in [-0.2, -0.15) is 4.98 Å². The number of ether oxygens (including phenoxy) is 5. The first-order chi connectivity index (χ1) is 27.2. The number of fused-ring (bicyclic) bond motifs is 3. The number of pyridine rings is 1. The second-order valence-electron chi connectivity index (χ2n) is 16.2. The van der Waals surface area contributed by atoms with Gasteiger partial charge in [-0.1, -0.05) is 12.2 Å². The van der Waals surface area contributed by atoms with E-state index in [0.717, 1.165) is 5.39 Å². The minimum absolute atomic E-state index is 0.00270. The fraction of sp³-hybridized carbons (Fsp3) is 0.615. The topological polar surface area (TPSA) is 204 Å². The van der Waals surface area contributed by atoms with E-state index in [4.69, 9.17) is 28.7 Å². The van der Waals surface area contributed by atoms with E-state index in [2.05, 4.69) is 20.3 Å². The van der Waals surface area contributed by atoms with Gasteiger partial charge in [0.2, 0.25) is 27.7 Å². The highest BCUT2D eigenvalue weighted by Gasteiger charge is 2.62. The fourth-order valence-corrected chi connectivity index (χ4v) is 8.82. The van der Waals surface area contributed by atoms with Gasteiger partial charge >= 0.3 is 6.09 Å². The monoisotopic (exact) mass is 812 g/mol. The number of sulfonamides is 1. The van der Waals surface area contributed by atoms with E-state index in [-0.39, 0.29) is 38.5 Å². The van der Waals surface area contributed by atoms with Gasteiger partial charge in [0.05, 0.1) is 38.7 Å². The molecule has 2 unspecified atom stereocenters. The summed E-state index contributed by atoms with van der Waals surface area (Å²) in [6.07, 6.45) is 4.30. The molecule has 4 heterocycles. The molecule has 17 nitrogen and oxygen atoms in total. The van der Waals surface area contributed by atoms with Crippen LogP contribution >= 0.6 is 0 Å². The summed E-state index contributed by atoms with van der Waals surface area (Å²) in [6, 6.07) is 5.04. The number of hydrogen-bond acceptors (Lipinski definition) is 13. The maximum Gasteiger partial charge on any atom is 0.408 e. The van der Waals surface area contributed by atoms with Crippen LogP contribution in [0, 0.1) is 5.92 Å². The van der Waals surface area contributed by atoms with E-state index in [1.54, 1.807) is 33.9 Å². The van der Waals surface area contributed by atoms with E-state index in [1.165, 1.54) is 4.90 Å². The predicted molar refractivity (Wildman–Crippen MR) is 207 cm³/mol. The molecule has 2 aromatic rings. The standard InChI is InChI=1S/C39H52N6O11S/c1-38(2,3)56-37(49)40-30-23-54-15-7-5-6-8-25-21-39(25,36(48)43-57(50,51)28-10-11-28)42-33(46)31-20-27(22-45(31)35(30)47)55-34-29-12-9-26(52-4)18-24(29)19-32(41-34)44-13-16-53-17-14-44/h6,8-9,12,18-19,25,27-28,30-31H,5,7,10-11,13-17,20-23H2,1-4H3,(H,40,49)(H,42,46)(H,43,48)/t25?,27?,30-,31-,39+/m0/s1. The van der Waals surface area contributed by atoms with Crippen LogP contribution in [0.2, 0.25) is 0 Å². The van der Waals surface area contributed by atoms with Crippen molar-refractivity contribution in [3.8, 4) is 11.6 Å². The minimum Gasteiger partial charge on any atom is -0.497 e. The molecule has 2 aliphatic carbocycles. The number of nitrogens with one attached hydrogen (secondary N) is 3. The van der Waals surface area contributed by atoms with Gasteiger partial charge in [0.25, 0.3) is 5.91 Å². The molecule has 7 rings (SSSR count). The van der Waals surface area contributed by atoms with Crippen molar-refractivity contribution in [2.45, 2.75) is 93.9 Å². The number of methoxy groups -OCH3 is 1. The molecule has 2 saturated heterocycles. The summed E-state index contributed by atoms with van der Waals surface area (Å²) in [4.78, 5) is 64.2. The van der Waals surface area contributed by atoms with Crippen molar-refractivity contribution in [3.63, 3.8) is 0 Å². The summed E-state index contributed by atoms with van der Waals surface area (Å²) in [6.45, 7) is 7.41. The van der Waals surface area contributed by atoms with Crippen LogP contribution in [-0.4, -0.2) is 130 Å². The zero-order valence-electron chi connectivity index (χ0n) is 32.8. The van der Waals surface area contributed by atoms with Crippen molar-refractivity contribution in [1.29, 1.82) is 0 Å². The third-order valence-electron chi connectivity index (χ3n) is 10.7. The molecule has 310 valence electrons. The number of nitrogens with zero attached hydrogens (tertiary/aromatic N) is 3. The van der Waals surface area contributed by atoms with Crippen molar-refractivity contribution >= 4 is 50.4 Å². The molecule has 1 aromatic heterocycles. The van der Waals surface area contributed by atoms with Crippen molar-refractivity contribution in [1.82, 2.24) is 25.2 Å². The molecule has 0 radical (unpaired) electrons. The number of morpholine rings is 1. The number of alkyl carbamates (subject to hydrolysis) is 1. The van der Waals surface area contributed by atoms with E-state index in [9.17, 15) is 27.6 Å². The molecular weight excluding hydrogens is 761 g/mol. The Balaban J connectivity index is 1.21. The molecule has 5 atom stereocenters. The molecule has 5 aliphatic rings. The molecule has 3 aliphatic heterocycles. The number of hydrogen-bond donors (Lipinski definition) is 3. The van der Waals surface area contributed by atoms with Gasteiger partial charge < -0.3 is 44.1 Å². The number of anilines is 1. The minimum atomic E-state index is -3.92. The van der Waals surface area contributed by atoms with Gasteiger partial charge in [0.1, 0.15) is 40.9 Å². The summed E-state index contributed by atoms with van der Waals surface area (Å²) >= 11 is 0. The number of carbonyl (C=O) groups excluding carboxylic acids is 4. The Labute approximate surface area is 332 Å². The van der Waals surface area contributed by atoms with E-state index in [0.29, 0.717) is 68.9 Å². The van der Waals surface area contributed by atoms with Crippen LogP contribution in [0.3, 0.4) is 0 Å². The SMILES string of the molecule is COc1ccc2c(OC3C[C@H]4C(=O)N[C@]5(C(=O)NS(=O)(=O)C6CC6)CC5C=CCCCOC[C@H](NC(=O)OC(C)(C)C)C(=O)N4C3)nc(N3CCOCC3)cc2c1. The molecule has 1 aromatic carbocycles. The van der Waals surface area contributed by atoms with Gasteiger partial charge in [-0.3, -0.25) is 19.1 Å². The fourth-order valence-electron chi connectivity index (χ4n) is 7.45. The molecule has 0 spiro atoms. The van der Waals surface area contributed by atoms with Crippen molar-refractivity contribution in [2.24, 2.45) is 5.92 Å². The average molecular weight is 813 g/mol. The number of aromatic nitrogens is 1. The first kappa shape index (κ1) is 40.5. The average Bonchev–Trinajstić information content (AvgIpc) is 4.09. The Bertz CT molecular complexity index is 2010. The lowest BCUT2D eigenvalue weighted by Gasteiger charge is -2.30. The normalized spacial score (nSPS) is 27.3. The van der Waals surface area contributed by atoms with Crippen LogP contribution < -0.4 is 29.7 Å². The van der Waals surface area contributed by atoms with E-state index in [1.807, 2.05) is 30.4 Å². The molecule has 4 amide bonds. The number of allylic oxidation sites excluding steroid dienone is 1. The third kappa shape index (κ3) is 9.39. The summed E-state index contributed by atoms with van der Waals surface area (Å²) in [5, 5.41) is 6.36. The molecule has 3 N–H and O–H groups in total. The Morgan fingerprint density at radius 3 is 2.56 bits per heavy atom. The summed E-state index contributed by atoms with van der Waals surface area (Å²) < 4.78 is 57.0. The Hall–Kier alpha value is -4.68. The zero-order valence-corrected chi connectivity index (χ0v) is 33.6. The molecule has 57 heavy (non-hydrogen) atoms. The van der Waals surface area contributed by atoms with Gasteiger partial charge in [-0.25, -0.2) is 13.2 Å². The lowest BCUT2D eigenvalue weighted by atomic mass is 10.1.